The molecule has 0 aliphatic rings. The zero-order chi connectivity index (χ0) is 13.9. The highest BCUT2D eigenvalue weighted by Crippen LogP contribution is 2.25. The fraction of sp³-hybridized carbons (Fsp3) is 0.0667. The summed E-state index contributed by atoms with van der Waals surface area (Å²) in [6.07, 6.45) is 0. The molecule has 1 amide bonds. The van der Waals surface area contributed by atoms with Crippen LogP contribution in [0.5, 0.6) is 0 Å². The third-order valence-corrected chi connectivity index (χ3v) is 3.71. The maximum atomic E-state index is 12.2. The highest BCUT2D eigenvalue weighted by molar-refractivity contribution is 9.10. The van der Waals surface area contributed by atoms with E-state index in [1.807, 2.05) is 48.5 Å². The number of benzene rings is 2. The maximum Gasteiger partial charge on any atom is 0.272 e. The number of H-pyrrole nitrogens is 1. The van der Waals surface area contributed by atoms with Crippen LogP contribution in [0.3, 0.4) is 0 Å². The Morgan fingerprint density at radius 3 is 2.75 bits per heavy atom. The SMILES string of the molecule is O=C(NCc1ccccc1)c1n[nH]c2cccc(Br)c12. The van der Waals surface area contributed by atoms with Gasteiger partial charge in [-0.1, -0.05) is 52.3 Å². The van der Waals surface area contributed by atoms with Gasteiger partial charge in [-0.15, -0.1) is 0 Å². The van der Waals surface area contributed by atoms with Crippen molar-refractivity contribution >= 4 is 32.7 Å². The molecule has 3 aromatic rings. The summed E-state index contributed by atoms with van der Waals surface area (Å²) in [5, 5.41) is 10.7. The van der Waals surface area contributed by atoms with Gasteiger partial charge in [-0.05, 0) is 17.7 Å². The van der Waals surface area contributed by atoms with Crippen LogP contribution in [0.15, 0.2) is 53.0 Å². The van der Waals surface area contributed by atoms with Gasteiger partial charge in [0.05, 0.1) is 5.52 Å². The number of aromatic amines is 1. The molecular weight excluding hydrogens is 318 g/mol. The second kappa shape index (κ2) is 5.46. The maximum absolute atomic E-state index is 12.2. The molecule has 5 heteroatoms. The summed E-state index contributed by atoms with van der Waals surface area (Å²) in [5.74, 6) is -0.188. The lowest BCUT2D eigenvalue weighted by molar-refractivity contribution is 0.0947. The second-order valence-corrected chi connectivity index (χ2v) is 5.26. The van der Waals surface area contributed by atoms with Crippen molar-refractivity contribution in [2.45, 2.75) is 6.54 Å². The molecule has 0 unspecified atom stereocenters. The van der Waals surface area contributed by atoms with Crippen molar-refractivity contribution in [2.24, 2.45) is 0 Å². The Morgan fingerprint density at radius 1 is 1.15 bits per heavy atom. The highest BCUT2D eigenvalue weighted by atomic mass is 79.9. The first-order valence-electron chi connectivity index (χ1n) is 6.20. The number of rotatable bonds is 3. The van der Waals surface area contributed by atoms with Crippen molar-refractivity contribution < 1.29 is 4.79 Å². The minimum atomic E-state index is -0.188. The van der Waals surface area contributed by atoms with Crippen molar-refractivity contribution in [3.8, 4) is 0 Å². The summed E-state index contributed by atoms with van der Waals surface area (Å²) in [6.45, 7) is 0.485. The third-order valence-electron chi connectivity index (χ3n) is 3.05. The molecule has 0 aliphatic heterocycles. The first kappa shape index (κ1) is 12.9. The molecular formula is C15H12BrN3O. The van der Waals surface area contributed by atoms with Gasteiger partial charge < -0.3 is 5.32 Å². The lowest BCUT2D eigenvalue weighted by Gasteiger charge is -2.04. The zero-order valence-electron chi connectivity index (χ0n) is 10.6. The van der Waals surface area contributed by atoms with E-state index in [-0.39, 0.29) is 5.91 Å². The number of hydrogen-bond donors (Lipinski definition) is 2. The molecule has 0 spiro atoms. The summed E-state index contributed by atoms with van der Waals surface area (Å²) in [5.41, 5.74) is 2.30. The first-order valence-corrected chi connectivity index (χ1v) is 7.00. The van der Waals surface area contributed by atoms with Crippen LogP contribution in [0.1, 0.15) is 16.1 Å². The van der Waals surface area contributed by atoms with Gasteiger partial charge in [0.15, 0.2) is 5.69 Å². The fourth-order valence-corrected chi connectivity index (χ4v) is 2.61. The van der Waals surface area contributed by atoms with Gasteiger partial charge >= 0.3 is 0 Å². The Hall–Kier alpha value is -2.14. The molecule has 0 bridgehead atoms. The van der Waals surface area contributed by atoms with Crippen molar-refractivity contribution in [1.82, 2.24) is 15.5 Å². The number of nitrogens with one attached hydrogen (secondary N) is 2. The van der Waals surface area contributed by atoms with Crippen LogP contribution in [-0.2, 0) is 6.54 Å². The number of hydrogen-bond acceptors (Lipinski definition) is 2. The molecule has 20 heavy (non-hydrogen) atoms. The second-order valence-electron chi connectivity index (χ2n) is 4.40. The molecule has 1 aromatic heterocycles. The standard InChI is InChI=1S/C15H12BrN3O/c16-11-7-4-8-12-13(11)14(19-18-12)15(20)17-9-10-5-2-1-3-6-10/h1-8H,9H2,(H,17,20)(H,18,19). The van der Waals surface area contributed by atoms with Gasteiger partial charge in [0.1, 0.15) is 0 Å². The average molecular weight is 330 g/mol. The van der Waals surface area contributed by atoms with E-state index in [9.17, 15) is 4.79 Å². The van der Waals surface area contributed by atoms with Crippen LogP contribution in [0.2, 0.25) is 0 Å². The third kappa shape index (κ3) is 2.44. The predicted molar refractivity (Wildman–Crippen MR) is 81.4 cm³/mol. The minimum absolute atomic E-state index is 0.188. The topological polar surface area (TPSA) is 57.8 Å². The molecule has 0 atom stereocenters. The van der Waals surface area contributed by atoms with Gasteiger partial charge in [0.25, 0.3) is 5.91 Å². The van der Waals surface area contributed by atoms with E-state index in [4.69, 9.17) is 0 Å². The minimum Gasteiger partial charge on any atom is -0.347 e. The molecule has 0 radical (unpaired) electrons. The van der Waals surface area contributed by atoms with Gasteiger partial charge in [0, 0.05) is 16.4 Å². The monoisotopic (exact) mass is 329 g/mol. The normalized spacial score (nSPS) is 10.7. The van der Waals surface area contributed by atoms with Gasteiger partial charge in [0.2, 0.25) is 0 Å². The molecule has 100 valence electrons. The zero-order valence-corrected chi connectivity index (χ0v) is 12.1. The largest absolute Gasteiger partial charge is 0.347 e. The Morgan fingerprint density at radius 2 is 1.95 bits per heavy atom. The van der Waals surface area contributed by atoms with Crippen molar-refractivity contribution in [3.63, 3.8) is 0 Å². The van der Waals surface area contributed by atoms with Crippen molar-refractivity contribution in [3.05, 3.63) is 64.3 Å². The Balaban J connectivity index is 1.83. The lowest BCUT2D eigenvalue weighted by Crippen LogP contribution is -2.23. The molecule has 2 aromatic carbocycles. The van der Waals surface area contributed by atoms with Crippen LogP contribution in [0.25, 0.3) is 10.9 Å². The van der Waals surface area contributed by atoms with E-state index in [1.54, 1.807) is 0 Å². The summed E-state index contributed by atoms with van der Waals surface area (Å²) in [6, 6.07) is 15.5. The number of halogens is 1. The molecule has 3 rings (SSSR count). The fourth-order valence-electron chi connectivity index (χ4n) is 2.06. The summed E-state index contributed by atoms with van der Waals surface area (Å²) in [7, 11) is 0. The number of fused-ring (bicyclic) bond motifs is 1. The van der Waals surface area contributed by atoms with E-state index < -0.39 is 0 Å². The van der Waals surface area contributed by atoms with Crippen LogP contribution in [-0.4, -0.2) is 16.1 Å². The molecule has 1 heterocycles. The molecule has 0 saturated carbocycles. The van der Waals surface area contributed by atoms with E-state index in [0.29, 0.717) is 12.2 Å². The summed E-state index contributed by atoms with van der Waals surface area (Å²) >= 11 is 3.45. The highest BCUT2D eigenvalue weighted by Gasteiger charge is 2.15. The molecule has 2 N–H and O–H groups in total. The average Bonchev–Trinajstić information content (AvgIpc) is 2.91. The quantitative estimate of drug-likeness (QED) is 0.774. The van der Waals surface area contributed by atoms with E-state index in [0.717, 1.165) is 20.9 Å². The Kier molecular flexibility index (Phi) is 3.52. The molecule has 0 aliphatic carbocycles. The Bertz CT molecular complexity index is 752. The van der Waals surface area contributed by atoms with Crippen LogP contribution < -0.4 is 5.32 Å². The van der Waals surface area contributed by atoms with E-state index in [1.165, 1.54) is 0 Å². The molecule has 4 nitrogen and oxygen atoms in total. The van der Waals surface area contributed by atoms with E-state index >= 15 is 0 Å². The van der Waals surface area contributed by atoms with Crippen LogP contribution in [0, 0.1) is 0 Å². The number of nitrogens with zero attached hydrogens (tertiary/aromatic N) is 1. The van der Waals surface area contributed by atoms with Crippen molar-refractivity contribution in [1.29, 1.82) is 0 Å². The number of carbonyl (C=O) groups excluding carboxylic acids is 1. The van der Waals surface area contributed by atoms with Gasteiger partial charge in [-0.2, -0.15) is 5.10 Å². The first-order chi connectivity index (χ1) is 9.75. The summed E-state index contributed by atoms with van der Waals surface area (Å²) < 4.78 is 0.855. The Labute approximate surface area is 124 Å². The molecule has 0 fully saturated rings. The number of carbonyl (C=O) groups is 1. The van der Waals surface area contributed by atoms with Crippen molar-refractivity contribution in [2.75, 3.05) is 0 Å². The molecule has 0 saturated heterocycles. The lowest BCUT2D eigenvalue weighted by atomic mass is 10.2. The van der Waals surface area contributed by atoms with E-state index in [2.05, 4.69) is 31.4 Å². The number of aromatic nitrogens is 2. The van der Waals surface area contributed by atoms with Crippen LogP contribution >= 0.6 is 15.9 Å². The van der Waals surface area contributed by atoms with Crippen LogP contribution in [0.4, 0.5) is 0 Å². The smallest absolute Gasteiger partial charge is 0.272 e. The summed E-state index contributed by atoms with van der Waals surface area (Å²) in [4.78, 5) is 12.2. The van der Waals surface area contributed by atoms with Gasteiger partial charge in [-0.25, -0.2) is 0 Å². The predicted octanol–water partition coefficient (Wildman–Crippen LogP) is 3.26. The van der Waals surface area contributed by atoms with Gasteiger partial charge in [-0.3, -0.25) is 9.89 Å². The number of amides is 1.